The number of carbonyl (C=O) groups is 1. The number of methoxy groups -OCH3 is 1. The van der Waals surface area contributed by atoms with Gasteiger partial charge in [-0.3, -0.25) is 0 Å². The molecule has 1 heterocycles. The first kappa shape index (κ1) is 20.4. The van der Waals surface area contributed by atoms with E-state index in [1.54, 1.807) is 13.2 Å². The van der Waals surface area contributed by atoms with Crippen molar-refractivity contribution in [3.8, 4) is 11.5 Å². The van der Waals surface area contributed by atoms with Crippen LogP contribution in [0.2, 0.25) is 0 Å². The summed E-state index contributed by atoms with van der Waals surface area (Å²) < 4.78 is 16.8. The average Bonchev–Trinajstić information content (AvgIpc) is 3.14. The summed E-state index contributed by atoms with van der Waals surface area (Å²) in [6.07, 6.45) is 1.68. The molecule has 156 valence electrons. The lowest BCUT2D eigenvalue weighted by Crippen LogP contribution is -2.05. The fourth-order valence-corrected chi connectivity index (χ4v) is 3.29. The monoisotopic (exact) mass is 413 g/mol. The maximum atomic E-state index is 12.3. The fraction of sp³-hybridized carbons (Fsp3) is 0.154. The van der Waals surface area contributed by atoms with Gasteiger partial charge in [-0.05, 0) is 60.9 Å². The van der Waals surface area contributed by atoms with Crippen molar-refractivity contribution in [3.63, 3.8) is 0 Å². The van der Waals surface area contributed by atoms with Gasteiger partial charge in [0.1, 0.15) is 6.61 Å². The maximum Gasteiger partial charge on any atom is 0.363 e. The SMILES string of the molecule is COc1cc(/C=C2/N=C(c3cccc(C)c3)OC2=O)ccc1OCc1ccccc1C. The van der Waals surface area contributed by atoms with E-state index in [0.29, 0.717) is 24.0 Å². The smallest absolute Gasteiger partial charge is 0.363 e. The third-order valence-electron chi connectivity index (χ3n) is 5.02. The molecule has 5 heteroatoms. The molecule has 0 bridgehead atoms. The second-order valence-electron chi connectivity index (χ2n) is 7.33. The molecule has 0 unspecified atom stereocenters. The van der Waals surface area contributed by atoms with Crippen LogP contribution in [-0.4, -0.2) is 19.0 Å². The Labute approximate surface area is 181 Å². The minimum absolute atomic E-state index is 0.243. The van der Waals surface area contributed by atoms with Gasteiger partial charge in [-0.1, -0.05) is 48.0 Å². The lowest BCUT2D eigenvalue weighted by Gasteiger charge is -2.12. The topological polar surface area (TPSA) is 57.1 Å². The van der Waals surface area contributed by atoms with E-state index < -0.39 is 5.97 Å². The van der Waals surface area contributed by atoms with E-state index in [-0.39, 0.29) is 5.70 Å². The van der Waals surface area contributed by atoms with Crippen molar-refractivity contribution in [2.75, 3.05) is 7.11 Å². The van der Waals surface area contributed by atoms with Crippen LogP contribution in [0.5, 0.6) is 11.5 Å². The first-order chi connectivity index (χ1) is 15.0. The quantitative estimate of drug-likeness (QED) is 0.410. The van der Waals surface area contributed by atoms with Crippen LogP contribution in [-0.2, 0) is 16.1 Å². The van der Waals surface area contributed by atoms with E-state index in [1.807, 2.05) is 67.6 Å². The van der Waals surface area contributed by atoms with Crippen molar-refractivity contribution in [2.24, 2.45) is 4.99 Å². The predicted molar refractivity (Wildman–Crippen MR) is 120 cm³/mol. The molecule has 0 radical (unpaired) electrons. The second-order valence-corrected chi connectivity index (χ2v) is 7.33. The van der Waals surface area contributed by atoms with Crippen molar-refractivity contribution in [1.29, 1.82) is 0 Å². The number of hydrogen-bond acceptors (Lipinski definition) is 5. The molecular formula is C26H23NO4. The van der Waals surface area contributed by atoms with Crippen LogP contribution in [0.25, 0.3) is 6.08 Å². The number of ether oxygens (including phenoxy) is 3. The Hall–Kier alpha value is -3.86. The highest BCUT2D eigenvalue weighted by Crippen LogP contribution is 2.30. The van der Waals surface area contributed by atoms with Crippen LogP contribution >= 0.6 is 0 Å². The summed E-state index contributed by atoms with van der Waals surface area (Å²) in [5.41, 5.74) is 5.13. The van der Waals surface area contributed by atoms with Gasteiger partial charge in [-0.2, -0.15) is 0 Å². The van der Waals surface area contributed by atoms with Gasteiger partial charge in [0.05, 0.1) is 7.11 Å². The van der Waals surface area contributed by atoms with Gasteiger partial charge in [0.25, 0.3) is 0 Å². The predicted octanol–water partition coefficient (Wildman–Crippen LogP) is 5.24. The Balaban J connectivity index is 1.55. The summed E-state index contributed by atoms with van der Waals surface area (Å²) in [5, 5.41) is 0. The van der Waals surface area contributed by atoms with E-state index in [2.05, 4.69) is 18.0 Å². The first-order valence-corrected chi connectivity index (χ1v) is 9.98. The average molecular weight is 413 g/mol. The van der Waals surface area contributed by atoms with Crippen molar-refractivity contribution >= 4 is 17.9 Å². The van der Waals surface area contributed by atoms with Gasteiger partial charge >= 0.3 is 5.97 Å². The number of nitrogens with zero attached hydrogens (tertiary/aromatic N) is 1. The molecule has 1 aliphatic heterocycles. The fourth-order valence-electron chi connectivity index (χ4n) is 3.29. The Morgan fingerprint density at radius 2 is 1.81 bits per heavy atom. The summed E-state index contributed by atoms with van der Waals surface area (Å²) in [4.78, 5) is 16.7. The maximum absolute atomic E-state index is 12.3. The van der Waals surface area contributed by atoms with Gasteiger partial charge in [0.2, 0.25) is 5.90 Å². The lowest BCUT2D eigenvalue weighted by molar-refractivity contribution is -0.129. The number of benzene rings is 3. The zero-order valence-electron chi connectivity index (χ0n) is 17.7. The molecule has 3 aromatic rings. The molecule has 0 saturated carbocycles. The summed E-state index contributed by atoms with van der Waals surface area (Å²) in [6.45, 7) is 4.48. The standard InChI is InChI=1S/C26H23NO4/c1-17-7-6-10-20(13-17)25-27-22(26(28)31-25)14-19-11-12-23(24(15-19)29-3)30-16-21-9-5-4-8-18(21)2/h4-15H,16H2,1-3H3/b22-14+. The summed E-state index contributed by atoms with van der Waals surface area (Å²) in [7, 11) is 1.59. The van der Waals surface area contributed by atoms with Crippen molar-refractivity contribution in [1.82, 2.24) is 0 Å². The molecule has 3 aromatic carbocycles. The van der Waals surface area contributed by atoms with Crippen LogP contribution in [0.1, 0.15) is 27.8 Å². The number of carbonyl (C=O) groups excluding carboxylic acids is 1. The molecule has 4 rings (SSSR count). The highest BCUT2D eigenvalue weighted by Gasteiger charge is 2.24. The molecule has 1 aliphatic rings. The summed E-state index contributed by atoms with van der Waals surface area (Å²) in [6, 6.07) is 21.3. The van der Waals surface area contributed by atoms with Crippen LogP contribution < -0.4 is 9.47 Å². The van der Waals surface area contributed by atoms with E-state index in [1.165, 1.54) is 5.56 Å². The Morgan fingerprint density at radius 1 is 0.968 bits per heavy atom. The molecule has 0 atom stereocenters. The highest BCUT2D eigenvalue weighted by atomic mass is 16.6. The lowest BCUT2D eigenvalue weighted by atomic mass is 10.1. The number of hydrogen-bond donors (Lipinski definition) is 0. The normalized spacial score (nSPS) is 14.4. The molecule has 0 fully saturated rings. The van der Waals surface area contributed by atoms with E-state index in [0.717, 1.165) is 22.3 Å². The first-order valence-electron chi connectivity index (χ1n) is 9.98. The minimum atomic E-state index is -0.477. The Kier molecular flexibility index (Phi) is 5.85. The van der Waals surface area contributed by atoms with E-state index in [4.69, 9.17) is 14.2 Å². The van der Waals surface area contributed by atoms with Crippen molar-refractivity contribution < 1.29 is 19.0 Å². The van der Waals surface area contributed by atoms with Crippen LogP contribution in [0.3, 0.4) is 0 Å². The molecule has 31 heavy (non-hydrogen) atoms. The molecule has 0 aromatic heterocycles. The van der Waals surface area contributed by atoms with Gasteiger partial charge in [0.15, 0.2) is 17.2 Å². The van der Waals surface area contributed by atoms with E-state index >= 15 is 0 Å². The van der Waals surface area contributed by atoms with Gasteiger partial charge in [0, 0.05) is 5.56 Å². The van der Waals surface area contributed by atoms with Crippen LogP contribution in [0.4, 0.5) is 0 Å². The second kappa shape index (κ2) is 8.88. The Bertz CT molecular complexity index is 1190. The number of rotatable bonds is 6. The zero-order chi connectivity index (χ0) is 21.8. The minimum Gasteiger partial charge on any atom is -0.493 e. The summed E-state index contributed by atoms with van der Waals surface area (Å²) >= 11 is 0. The molecular weight excluding hydrogens is 390 g/mol. The largest absolute Gasteiger partial charge is 0.493 e. The van der Waals surface area contributed by atoms with Gasteiger partial charge < -0.3 is 14.2 Å². The third-order valence-corrected chi connectivity index (χ3v) is 5.02. The molecule has 5 nitrogen and oxygen atoms in total. The number of esters is 1. The Morgan fingerprint density at radius 3 is 2.58 bits per heavy atom. The molecule has 0 N–H and O–H groups in total. The molecule has 0 amide bonds. The van der Waals surface area contributed by atoms with E-state index in [9.17, 15) is 4.79 Å². The number of cyclic esters (lactones) is 1. The number of aryl methyl sites for hydroxylation is 2. The zero-order valence-corrected chi connectivity index (χ0v) is 17.7. The third kappa shape index (κ3) is 4.67. The molecule has 0 spiro atoms. The molecule has 0 aliphatic carbocycles. The highest BCUT2D eigenvalue weighted by molar-refractivity contribution is 6.12. The molecule has 0 saturated heterocycles. The van der Waals surface area contributed by atoms with Gasteiger partial charge in [-0.15, -0.1) is 0 Å². The van der Waals surface area contributed by atoms with Gasteiger partial charge in [-0.25, -0.2) is 9.79 Å². The summed E-state index contributed by atoms with van der Waals surface area (Å²) in [5.74, 6) is 1.04. The van der Waals surface area contributed by atoms with Crippen molar-refractivity contribution in [2.45, 2.75) is 20.5 Å². The van der Waals surface area contributed by atoms with Crippen LogP contribution in [0, 0.1) is 13.8 Å². The van der Waals surface area contributed by atoms with Crippen molar-refractivity contribution in [3.05, 3.63) is 100 Å². The number of aliphatic imine (C=N–C) groups is 1. The van der Waals surface area contributed by atoms with Crippen LogP contribution in [0.15, 0.2) is 77.4 Å².